The van der Waals surface area contributed by atoms with Gasteiger partial charge in [-0.1, -0.05) is 25.9 Å². The number of rotatable bonds is 7. The number of likely N-dealkylation sites (N-methyl/N-ethyl adjacent to an activating group) is 1. The minimum atomic E-state index is -5.67. The van der Waals surface area contributed by atoms with Gasteiger partial charge >= 0.3 is 12.0 Å². The van der Waals surface area contributed by atoms with Gasteiger partial charge in [0.15, 0.2) is 15.2 Å². The minimum absolute atomic E-state index is 0.201. The first-order valence-corrected chi connectivity index (χ1v) is 15.4. The zero-order valence-corrected chi connectivity index (χ0v) is 18.5. The van der Waals surface area contributed by atoms with Gasteiger partial charge in [0.05, 0.1) is 8.07 Å². The monoisotopic (exact) mass is 435 g/mol. The SMILES string of the molecule is CN(C(=O)C(F)(OCF)C(F)(F)F)C1CCCC([Si](C)(C)C[Si](C)(C)O)C1. The van der Waals surface area contributed by atoms with Crippen LogP contribution in [-0.2, 0) is 9.53 Å². The highest BCUT2D eigenvalue weighted by Crippen LogP contribution is 2.43. The molecule has 0 heterocycles. The maximum absolute atomic E-state index is 14.3. The van der Waals surface area contributed by atoms with Crippen LogP contribution in [-0.4, -0.2) is 64.0 Å². The Hall–Kier alpha value is -0.526. The number of hydrogen-bond donors (Lipinski definition) is 1. The van der Waals surface area contributed by atoms with E-state index >= 15 is 0 Å². The molecule has 1 N–H and O–H groups in total. The quantitative estimate of drug-likeness (QED) is 0.477. The molecule has 0 radical (unpaired) electrons. The second-order valence-corrected chi connectivity index (χ2v) is 18.6. The van der Waals surface area contributed by atoms with Crippen molar-refractivity contribution in [3.63, 3.8) is 0 Å². The second-order valence-electron chi connectivity index (χ2n) is 8.76. The average Bonchev–Trinajstić information content (AvgIpc) is 2.50. The molecule has 1 fully saturated rings. The zero-order valence-electron chi connectivity index (χ0n) is 16.5. The van der Waals surface area contributed by atoms with Crippen LogP contribution in [0.4, 0.5) is 22.0 Å². The molecule has 0 spiro atoms. The Morgan fingerprint density at radius 1 is 1.19 bits per heavy atom. The third-order valence-corrected chi connectivity index (χ3v) is 15.2. The van der Waals surface area contributed by atoms with Gasteiger partial charge in [-0.2, -0.15) is 17.6 Å². The first-order valence-electron chi connectivity index (χ1n) is 9.00. The molecule has 0 aromatic heterocycles. The van der Waals surface area contributed by atoms with Crippen molar-refractivity contribution in [2.45, 2.75) is 81.2 Å². The summed E-state index contributed by atoms with van der Waals surface area (Å²) in [5.41, 5.74) is 0.947. The van der Waals surface area contributed by atoms with Crippen LogP contribution >= 0.6 is 0 Å². The van der Waals surface area contributed by atoms with Crippen molar-refractivity contribution in [2.24, 2.45) is 0 Å². The normalized spacial score (nSPS) is 24.4. The van der Waals surface area contributed by atoms with E-state index in [1.807, 2.05) is 13.1 Å². The lowest BCUT2D eigenvalue weighted by Crippen LogP contribution is -2.58. The van der Waals surface area contributed by atoms with E-state index in [0.29, 0.717) is 19.3 Å². The van der Waals surface area contributed by atoms with Crippen LogP contribution < -0.4 is 0 Å². The molecular formula is C16H30F5NO3Si2. The van der Waals surface area contributed by atoms with Gasteiger partial charge in [-0.3, -0.25) is 9.53 Å². The van der Waals surface area contributed by atoms with E-state index in [0.717, 1.165) is 24.0 Å². The molecular weight excluding hydrogens is 405 g/mol. The number of ether oxygens (including phenoxy) is 1. The van der Waals surface area contributed by atoms with Gasteiger partial charge in [-0.25, -0.2) is 4.39 Å². The summed E-state index contributed by atoms with van der Waals surface area (Å²) in [6, 6.07) is -0.577. The molecule has 1 saturated carbocycles. The fraction of sp³-hybridized carbons (Fsp3) is 0.938. The van der Waals surface area contributed by atoms with Crippen LogP contribution in [0.3, 0.4) is 0 Å². The number of halogens is 5. The van der Waals surface area contributed by atoms with Gasteiger partial charge in [-0.15, -0.1) is 0 Å². The van der Waals surface area contributed by atoms with Crippen molar-refractivity contribution in [3.05, 3.63) is 0 Å². The molecule has 0 aromatic rings. The van der Waals surface area contributed by atoms with Crippen LogP contribution in [0.1, 0.15) is 25.7 Å². The number of nitrogens with zero attached hydrogens (tertiary/aromatic N) is 1. The maximum atomic E-state index is 14.3. The Balaban J connectivity index is 2.97. The summed E-state index contributed by atoms with van der Waals surface area (Å²) < 4.78 is 69.1. The molecule has 3 atom stereocenters. The highest BCUT2D eigenvalue weighted by Gasteiger charge is 2.65. The van der Waals surface area contributed by atoms with Gasteiger partial charge in [0.1, 0.15) is 0 Å². The van der Waals surface area contributed by atoms with Crippen LogP contribution in [0.15, 0.2) is 0 Å². The number of alkyl halides is 5. The molecule has 0 aromatic carbocycles. The third kappa shape index (κ3) is 5.97. The lowest BCUT2D eigenvalue weighted by molar-refractivity contribution is -0.327. The molecule has 1 aliphatic carbocycles. The number of hydrogen-bond acceptors (Lipinski definition) is 3. The lowest BCUT2D eigenvalue weighted by atomic mass is 9.93. The minimum Gasteiger partial charge on any atom is -0.433 e. The smallest absolute Gasteiger partial charge is 0.433 e. The fourth-order valence-electron chi connectivity index (χ4n) is 4.22. The Bertz CT molecular complexity index is 527. The largest absolute Gasteiger partial charge is 0.458 e. The molecule has 27 heavy (non-hydrogen) atoms. The first kappa shape index (κ1) is 24.5. The molecule has 160 valence electrons. The van der Waals surface area contributed by atoms with Crippen LogP contribution in [0.25, 0.3) is 0 Å². The van der Waals surface area contributed by atoms with E-state index in [2.05, 4.69) is 17.8 Å². The van der Waals surface area contributed by atoms with Crippen LogP contribution in [0.5, 0.6) is 0 Å². The predicted octanol–water partition coefficient (Wildman–Crippen LogP) is 4.37. The average molecular weight is 436 g/mol. The molecule has 4 nitrogen and oxygen atoms in total. The summed E-state index contributed by atoms with van der Waals surface area (Å²) in [6.07, 6.45) is -3.18. The van der Waals surface area contributed by atoms with Crippen LogP contribution in [0.2, 0.25) is 37.4 Å². The first-order chi connectivity index (χ1) is 12.0. The Morgan fingerprint density at radius 2 is 1.74 bits per heavy atom. The van der Waals surface area contributed by atoms with E-state index in [4.69, 9.17) is 0 Å². The highest BCUT2D eigenvalue weighted by molar-refractivity contribution is 6.92. The van der Waals surface area contributed by atoms with E-state index in [-0.39, 0.29) is 5.54 Å². The van der Waals surface area contributed by atoms with E-state index < -0.39 is 47.2 Å². The van der Waals surface area contributed by atoms with Crippen LogP contribution in [0, 0.1) is 0 Å². The summed E-state index contributed by atoms with van der Waals surface area (Å²) in [7, 11) is -3.09. The Labute approximate surface area is 159 Å². The number of carbonyl (C=O) groups is 1. The fourth-order valence-corrected chi connectivity index (χ4v) is 16.2. The second kappa shape index (κ2) is 8.46. The zero-order chi connectivity index (χ0) is 21.3. The summed E-state index contributed by atoms with van der Waals surface area (Å²) in [4.78, 5) is 23.2. The van der Waals surface area contributed by atoms with E-state index in [9.17, 15) is 31.5 Å². The third-order valence-electron chi connectivity index (χ3n) is 5.40. The molecule has 0 aliphatic heterocycles. The standard InChI is InChI=1S/C16H30F5NO3Si2/c1-22(14(23)15(18,25-10-17)16(19,20)21)12-7-6-8-13(9-12)26(2,3)11-27(4,5)24/h12-13,24H,6-11H2,1-5H3. The molecule has 0 saturated heterocycles. The molecule has 0 bridgehead atoms. The van der Waals surface area contributed by atoms with E-state index in [1.54, 1.807) is 0 Å². The van der Waals surface area contributed by atoms with Crippen molar-refractivity contribution in [1.29, 1.82) is 0 Å². The summed E-state index contributed by atoms with van der Waals surface area (Å²) >= 11 is 0. The topological polar surface area (TPSA) is 49.8 Å². The molecule has 1 aliphatic rings. The summed E-state index contributed by atoms with van der Waals surface area (Å²) in [5, 5.41) is 0. The molecule has 1 amide bonds. The molecule has 3 unspecified atom stereocenters. The molecule has 11 heteroatoms. The van der Waals surface area contributed by atoms with Crippen molar-refractivity contribution >= 4 is 22.3 Å². The Kier molecular flexibility index (Phi) is 7.68. The van der Waals surface area contributed by atoms with Crippen molar-refractivity contribution in [3.8, 4) is 0 Å². The number of carbonyl (C=O) groups excluding carboxylic acids is 1. The highest BCUT2D eigenvalue weighted by atomic mass is 28.4. The molecule has 1 rings (SSSR count). The predicted molar refractivity (Wildman–Crippen MR) is 97.7 cm³/mol. The van der Waals surface area contributed by atoms with Gasteiger partial charge in [0, 0.05) is 13.1 Å². The lowest BCUT2D eigenvalue weighted by Gasteiger charge is -2.44. The van der Waals surface area contributed by atoms with Gasteiger partial charge in [-0.05, 0) is 37.1 Å². The maximum Gasteiger partial charge on any atom is 0.458 e. The Morgan fingerprint density at radius 3 is 2.19 bits per heavy atom. The summed E-state index contributed by atoms with van der Waals surface area (Å²) in [5.74, 6) is -6.61. The van der Waals surface area contributed by atoms with Gasteiger partial charge in [0.2, 0.25) is 0 Å². The van der Waals surface area contributed by atoms with Crippen molar-refractivity contribution < 1.29 is 36.3 Å². The van der Waals surface area contributed by atoms with E-state index in [1.165, 1.54) is 0 Å². The van der Waals surface area contributed by atoms with Gasteiger partial charge < -0.3 is 9.70 Å². The van der Waals surface area contributed by atoms with Gasteiger partial charge in [0.25, 0.3) is 5.91 Å². The van der Waals surface area contributed by atoms with Crippen molar-refractivity contribution in [1.82, 2.24) is 4.90 Å². The number of amides is 1. The summed E-state index contributed by atoms with van der Waals surface area (Å²) in [6.45, 7) is 5.92. The van der Waals surface area contributed by atoms with Crippen molar-refractivity contribution in [2.75, 3.05) is 13.9 Å².